The average Bonchev–Trinajstić information content (AvgIpc) is 3.08. The molecule has 6 nitrogen and oxygen atoms in total. The summed E-state index contributed by atoms with van der Waals surface area (Å²) in [5.41, 5.74) is 4.25. The summed E-state index contributed by atoms with van der Waals surface area (Å²) in [6, 6.07) is 14.9. The van der Waals surface area contributed by atoms with Crippen molar-refractivity contribution in [1.82, 2.24) is 20.6 Å². The summed E-state index contributed by atoms with van der Waals surface area (Å²) >= 11 is 0. The van der Waals surface area contributed by atoms with Gasteiger partial charge in [0.15, 0.2) is 0 Å². The maximum Gasteiger partial charge on any atom is 0.251 e. The summed E-state index contributed by atoms with van der Waals surface area (Å²) in [6.45, 7) is 0.648. The van der Waals surface area contributed by atoms with Gasteiger partial charge < -0.3 is 10.6 Å². The number of carbonyl (C=O) groups is 2. The highest BCUT2D eigenvalue weighted by molar-refractivity contribution is 6.04. The van der Waals surface area contributed by atoms with E-state index in [4.69, 9.17) is 0 Å². The fourth-order valence-electron chi connectivity index (χ4n) is 2.94. The molecule has 1 aromatic heterocycles. The average molecular weight is 344 g/mol. The summed E-state index contributed by atoms with van der Waals surface area (Å²) in [7, 11) is 0. The van der Waals surface area contributed by atoms with Gasteiger partial charge in [0, 0.05) is 23.2 Å². The van der Waals surface area contributed by atoms with Gasteiger partial charge >= 0.3 is 0 Å². The zero-order valence-electron chi connectivity index (χ0n) is 13.9. The van der Waals surface area contributed by atoms with E-state index >= 15 is 0 Å². The molecule has 0 unspecified atom stereocenters. The van der Waals surface area contributed by atoms with Gasteiger partial charge in [-0.25, -0.2) is 0 Å². The standard InChI is InChI=1S/C20H16N4O2/c25-19(15-7-4-8-16-17(15)11-24-20(16)26)23-10-14-9-22-18(12-21-14)13-5-2-1-3-6-13/h1-9,12H,10-11H2,(H,23,25)(H,24,26). The van der Waals surface area contributed by atoms with Crippen LogP contribution in [0.5, 0.6) is 0 Å². The van der Waals surface area contributed by atoms with Gasteiger partial charge in [-0.2, -0.15) is 0 Å². The summed E-state index contributed by atoms with van der Waals surface area (Å²) in [5.74, 6) is -0.371. The van der Waals surface area contributed by atoms with Crippen LogP contribution in [0.3, 0.4) is 0 Å². The number of aromatic nitrogens is 2. The Balaban J connectivity index is 1.45. The number of hydrogen-bond acceptors (Lipinski definition) is 4. The molecule has 0 aliphatic carbocycles. The minimum absolute atomic E-state index is 0.142. The fraction of sp³-hybridized carbons (Fsp3) is 0.100. The van der Waals surface area contributed by atoms with E-state index in [1.807, 2.05) is 30.3 Å². The minimum atomic E-state index is -0.229. The molecule has 6 heteroatoms. The molecule has 0 saturated carbocycles. The van der Waals surface area contributed by atoms with Gasteiger partial charge in [0.25, 0.3) is 11.8 Å². The third-order valence-corrected chi connectivity index (χ3v) is 4.30. The summed E-state index contributed by atoms with van der Waals surface area (Å²) in [4.78, 5) is 32.9. The number of hydrogen-bond donors (Lipinski definition) is 2. The lowest BCUT2D eigenvalue weighted by atomic mass is 10.0. The lowest BCUT2D eigenvalue weighted by Gasteiger charge is -2.08. The number of fused-ring (bicyclic) bond motifs is 1. The molecule has 2 amide bonds. The SMILES string of the molecule is O=C(NCc1cnc(-c2ccccc2)cn1)c1cccc2c1CNC2=O. The molecule has 128 valence electrons. The Kier molecular flexibility index (Phi) is 4.15. The first-order chi connectivity index (χ1) is 12.7. The number of nitrogens with one attached hydrogen (secondary N) is 2. The van der Waals surface area contributed by atoms with Crippen molar-refractivity contribution >= 4 is 11.8 Å². The Morgan fingerprint density at radius 2 is 1.88 bits per heavy atom. The van der Waals surface area contributed by atoms with E-state index in [0.29, 0.717) is 23.4 Å². The van der Waals surface area contributed by atoms with Crippen LogP contribution in [0.15, 0.2) is 60.9 Å². The zero-order valence-corrected chi connectivity index (χ0v) is 13.9. The van der Waals surface area contributed by atoms with Crippen LogP contribution in [0.2, 0.25) is 0 Å². The van der Waals surface area contributed by atoms with Gasteiger partial charge in [-0.1, -0.05) is 36.4 Å². The largest absolute Gasteiger partial charge is 0.348 e. The molecule has 0 fully saturated rings. The Morgan fingerprint density at radius 1 is 1.04 bits per heavy atom. The van der Waals surface area contributed by atoms with Crippen LogP contribution in [0.4, 0.5) is 0 Å². The number of rotatable bonds is 4. The van der Waals surface area contributed by atoms with Gasteiger partial charge in [-0.05, 0) is 17.7 Å². The fourth-order valence-corrected chi connectivity index (χ4v) is 2.94. The molecule has 0 radical (unpaired) electrons. The molecule has 0 atom stereocenters. The molecule has 26 heavy (non-hydrogen) atoms. The van der Waals surface area contributed by atoms with Gasteiger partial charge in [-0.15, -0.1) is 0 Å². The second-order valence-corrected chi connectivity index (χ2v) is 5.96. The van der Waals surface area contributed by atoms with Crippen molar-refractivity contribution in [2.75, 3.05) is 0 Å². The second kappa shape index (κ2) is 6.76. The van der Waals surface area contributed by atoms with E-state index in [2.05, 4.69) is 20.6 Å². The maximum atomic E-state index is 12.5. The molecule has 0 bridgehead atoms. The summed E-state index contributed by atoms with van der Waals surface area (Å²) in [6.07, 6.45) is 3.35. The Bertz CT molecular complexity index is 969. The molecule has 1 aliphatic rings. The molecule has 2 N–H and O–H groups in total. The van der Waals surface area contributed by atoms with Crippen LogP contribution in [-0.4, -0.2) is 21.8 Å². The predicted octanol–water partition coefficient (Wildman–Crippen LogP) is 2.32. The highest BCUT2D eigenvalue weighted by atomic mass is 16.2. The number of amides is 2. The van der Waals surface area contributed by atoms with Crippen LogP contribution in [0, 0.1) is 0 Å². The Labute approximate surface area is 150 Å². The van der Waals surface area contributed by atoms with Crippen molar-refractivity contribution in [2.24, 2.45) is 0 Å². The molecule has 0 saturated heterocycles. The van der Waals surface area contributed by atoms with E-state index in [1.165, 1.54) is 0 Å². The first-order valence-electron chi connectivity index (χ1n) is 8.27. The van der Waals surface area contributed by atoms with Gasteiger partial charge in [0.05, 0.1) is 30.3 Å². The third kappa shape index (κ3) is 3.04. The quantitative estimate of drug-likeness (QED) is 0.761. The van der Waals surface area contributed by atoms with Crippen LogP contribution in [0.1, 0.15) is 32.0 Å². The zero-order chi connectivity index (χ0) is 17.9. The van der Waals surface area contributed by atoms with Crippen LogP contribution < -0.4 is 10.6 Å². The number of carbonyl (C=O) groups excluding carboxylic acids is 2. The molecule has 2 heterocycles. The lowest BCUT2D eigenvalue weighted by Crippen LogP contribution is -2.24. The smallest absolute Gasteiger partial charge is 0.251 e. The van der Waals surface area contributed by atoms with Crippen molar-refractivity contribution in [3.05, 3.63) is 83.3 Å². The normalized spacial score (nSPS) is 12.4. The van der Waals surface area contributed by atoms with Crippen LogP contribution in [-0.2, 0) is 13.1 Å². The molecular formula is C20H16N4O2. The van der Waals surface area contributed by atoms with E-state index < -0.39 is 0 Å². The number of benzene rings is 2. The first kappa shape index (κ1) is 16.0. The van der Waals surface area contributed by atoms with E-state index in [9.17, 15) is 9.59 Å². The van der Waals surface area contributed by atoms with Crippen LogP contribution in [0.25, 0.3) is 11.3 Å². The van der Waals surface area contributed by atoms with Crippen molar-refractivity contribution in [3.63, 3.8) is 0 Å². The van der Waals surface area contributed by atoms with Crippen molar-refractivity contribution in [1.29, 1.82) is 0 Å². The van der Waals surface area contributed by atoms with E-state index in [1.54, 1.807) is 30.6 Å². The maximum absolute atomic E-state index is 12.5. The van der Waals surface area contributed by atoms with Gasteiger partial charge in [0.1, 0.15) is 0 Å². The minimum Gasteiger partial charge on any atom is -0.348 e. The Morgan fingerprint density at radius 3 is 2.65 bits per heavy atom. The molecule has 0 spiro atoms. The van der Waals surface area contributed by atoms with Crippen molar-refractivity contribution in [2.45, 2.75) is 13.1 Å². The summed E-state index contributed by atoms with van der Waals surface area (Å²) < 4.78 is 0. The van der Waals surface area contributed by atoms with Gasteiger partial charge in [0.2, 0.25) is 0 Å². The Hall–Kier alpha value is -3.54. The van der Waals surface area contributed by atoms with Crippen molar-refractivity contribution < 1.29 is 9.59 Å². The molecule has 4 rings (SSSR count). The molecule has 2 aromatic carbocycles. The molecular weight excluding hydrogens is 328 g/mol. The lowest BCUT2D eigenvalue weighted by molar-refractivity contribution is 0.0946. The van der Waals surface area contributed by atoms with E-state index in [-0.39, 0.29) is 18.4 Å². The highest BCUT2D eigenvalue weighted by Crippen LogP contribution is 2.20. The van der Waals surface area contributed by atoms with E-state index in [0.717, 1.165) is 16.8 Å². The first-order valence-corrected chi connectivity index (χ1v) is 8.27. The second-order valence-electron chi connectivity index (χ2n) is 5.96. The van der Waals surface area contributed by atoms with Crippen LogP contribution >= 0.6 is 0 Å². The monoisotopic (exact) mass is 344 g/mol. The predicted molar refractivity (Wildman–Crippen MR) is 96.3 cm³/mol. The topological polar surface area (TPSA) is 84.0 Å². The van der Waals surface area contributed by atoms with Gasteiger partial charge in [-0.3, -0.25) is 19.6 Å². The molecule has 3 aromatic rings. The summed E-state index contributed by atoms with van der Waals surface area (Å²) in [5, 5.41) is 5.57. The third-order valence-electron chi connectivity index (χ3n) is 4.30. The molecule has 1 aliphatic heterocycles. The number of nitrogens with zero attached hydrogens (tertiary/aromatic N) is 2. The van der Waals surface area contributed by atoms with Crippen molar-refractivity contribution in [3.8, 4) is 11.3 Å². The highest BCUT2D eigenvalue weighted by Gasteiger charge is 2.23.